The number of aromatic nitrogens is 2. The van der Waals surface area contributed by atoms with Gasteiger partial charge in [0.2, 0.25) is 0 Å². The standard InChI is InChI=1S/C17H27N2O8P/c1-6-25-28(22,23)27-12-11-14(19-7-10(2)13(20)18-15(19)21)26-17(12,9-24-11)8-16(3,4)5/h7,11-12,14H,6,8-9H2,1-5H3,(H,22,23)(H,18,20,21)/t11?,12?,14-,17+/m1/s1. The van der Waals surface area contributed by atoms with Crippen LogP contribution < -0.4 is 11.2 Å². The molecule has 158 valence electrons. The first-order valence-corrected chi connectivity index (χ1v) is 10.6. The molecular weight excluding hydrogens is 391 g/mol. The maximum absolute atomic E-state index is 12.3. The summed E-state index contributed by atoms with van der Waals surface area (Å²) >= 11 is 0. The number of hydrogen-bond acceptors (Lipinski definition) is 7. The van der Waals surface area contributed by atoms with Crippen molar-refractivity contribution >= 4 is 7.82 Å². The molecule has 10 nitrogen and oxygen atoms in total. The summed E-state index contributed by atoms with van der Waals surface area (Å²) in [7, 11) is -4.34. The fraction of sp³-hybridized carbons (Fsp3) is 0.765. The van der Waals surface area contributed by atoms with E-state index in [4.69, 9.17) is 18.5 Å². The van der Waals surface area contributed by atoms with Crippen LogP contribution in [-0.4, -0.2) is 45.5 Å². The summed E-state index contributed by atoms with van der Waals surface area (Å²) in [5.41, 5.74) is -2.06. The van der Waals surface area contributed by atoms with Gasteiger partial charge in [0.1, 0.15) is 17.8 Å². The van der Waals surface area contributed by atoms with Crippen LogP contribution in [0.5, 0.6) is 0 Å². The van der Waals surface area contributed by atoms with Gasteiger partial charge in [0.05, 0.1) is 13.2 Å². The molecule has 2 fully saturated rings. The third kappa shape index (κ3) is 4.03. The highest BCUT2D eigenvalue weighted by Crippen LogP contribution is 2.56. The van der Waals surface area contributed by atoms with Crippen LogP contribution in [0.1, 0.15) is 45.9 Å². The molecule has 2 saturated heterocycles. The molecule has 0 spiro atoms. The van der Waals surface area contributed by atoms with E-state index in [-0.39, 0.29) is 18.6 Å². The van der Waals surface area contributed by atoms with E-state index >= 15 is 0 Å². The second-order valence-corrected chi connectivity index (χ2v) is 9.88. The number of nitrogens with zero attached hydrogens (tertiary/aromatic N) is 1. The van der Waals surface area contributed by atoms with Crippen molar-refractivity contribution in [1.29, 1.82) is 0 Å². The fourth-order valence-electron chi connectivity index (χ4n) is 3.92. The van der Waals surface area contributed by atoms with E-state index in [9.17, 15) is 19.0 Å². The van der Waals surface area contributed by atoms with Crippen LogP contribution in [0.4, 0.5) is 0 Å². The normalized spacial score (nSPS) is 31.9. The van der Waals surface area contributed by atoms with Crippen LogP contribution in [0.2, 0.25) is 0 Å². The van der Waals surface area contributed by atoms with Crippen LogP contribution in [0.3, 0.4) is 0 Å². The summed E-state index contributed by atoms with van der Waals surface area (Å²) in [6.07, 6.45) is -0.796. The van der Waals surface area contributed by atoms with Gasteiger partial charge < -0.3 is 14.4 Å². The Morgan fingerprint density at radius 1 is 1.43 bits per heavy atom. The molecule has 3 unspecified atom stereocenters. The van der Waals surface area contributed by atoms with Crippen LogP contribution in [-0.2, 0) is 23.1 Å². The molecule has 3 rings (SSSR count). The number of ether oxygens (including phenoxy) is 2. The van der Waals surface area contributed by atoms with E-state index in [1.54, 1.807) is 13.8 Å². The zero-order chi connectivity index (χ0) is 20.9. The lowest BCUT2D eigenvalue weighted by molar-refractivity contribution is -0.184. The highest BCUT2D eigenvalue weighted by Gasteiger charge is 2.65. The molecule has 0 radical (unpaired) electrons. The number of nitrogens with one attached hydrogen (secondary N) is 1. The largest absolute Gasteiger partial charge is 0.472 e. The molecule has 2 aliphatic rings. The van der Waals surface area contributed by atoms with Gasteiger partial charge in [0.25, 0.3) is 5.56 Å². The Morgan fingerprint density at radius 2 is 2.11 bits per heavy atom. The number of fused-ring (bicyclic) bond motifs is 2. The summed E-state index contributed by atoms with van der Waals surface area (Å²) in [5, 5.41) is 0. The van der Waals surface area contributed by atoms with Gasteiger partial charge >= 0.3 is 13.5 Å². The van der Waals surface area contributed by atoms with E-state index in [1.165, 1.54) is 10.8 Å². The number of hydrogen-bond donors (Lipinski definition) is 2. The van der Waals surface area contributed by atoms with E-state index in [2.05, 4.69) is 4.98 Å². The number of aryl methyl sites for hydroxylation is 1. The zero-order valence-corrected chi connectivity index (χ0v) is 17.5. The van der Waals surface area contributed by atoms with E-state index in [0.29, 0.717) is 12.0 Å². The fourth-order valence-corrected chi connectivity index (χ4v) is 4.91. The molecule has 3 heterocycles. The molecule has 5 atom stereocenters. The summed E-state index contributed by atoms with van der Waals surface area (Å²) in [6, 6.07) is 0. The second-order valence-electron chi connectivity index (χ2n) is 8.48. The van der Waals surface area contributed by atoms with Gasteiger partial charge in [-0.15, -0.1) is 0 Å². The van der Waals surface area contributed by atoms with Gasteiger partial charge in [0, 0.05) is 11.8 Å². The Morgan fingerprint density at radius 3 is 2.71 bits per heavy atom. The first kappa shape index (κ1) is 21.4. The number of phosphoric ester groups is 1. The van der Waals surface area contributed by atoms with Crippen molar-refractivity contribution in [3.8, 4) is 0 Å². The number of phosphoric acid groups is 1. The van der Waals surface area contributed by atoms with Crippen molar-refractivity contribution in [1.82, 2.24) is 9.55 Å². The third-order valence-corrected chi connectivity index (χ3v) is 5.84. The molecular formula is C17H27N2O8P. The molecule has 2 N–H and O–H groups in total. The van der Waals surface area contributed by atoms with Crippen molar-refractivity contribution in [2.75, 3.05) is 13.2 Å². The van der Waals surface area contributed by atoms with E-state index < -0.39 is 43.1 Å². The van der Waals surface area contributed by atoms with Crippen molar-refractivity contribution in [2.45, 2.75) is 65.1 Å². The average Bonchev–Trinajstić information content (AvgIpc) is 2.99. The number of rotatable bonds is 6. The van der Waals surface area contributed by atoms with Crippen molar-refractivity contribution in [2.24, 2.45) is 5.41 Å². The third-order valence-electron chi connectivity index (χ3n) is 4.76. The number of aromatic amines is 1. The highest BCUT2D eigenvalue weighted by atomic mass is 31.2. The predicted octanol–water partition coefficient (Wildman–Crippen LogP) is 1.47. The first-order valence-electron chi connectivity index (χ1n) is 9.15. The van der Waals surface area contributed by atoms with Crippen molar-refractivity contribution in [3.05, 3.63) is 32.6 Å². The predicted molar refractivity (Wildman–Crippen MR) is 99.0 cm³/mol. The van der Waals surface area contributed by atoms with Crippen molar-refractivity contribution < 1.29 is 28.0 Å². The molecule has 1 aromatic rings. The Labute approximate surface area is 162 Å². The van der Waals surface area contributed by atoms with E-state index in [0.717, 1.165) is 0 Å². The molecule has 0 aromatic carbocycles. The number of H-pyrrole nitrogens is 1. The van der Waals surface area contributed by atoms with Crippen molar-refractivity contribution in [3.63, 3.8) is 0 Å². The zero-order valence-electron chi connectivity index (χ0n) is 16.6. The van der Waals surface area contributed by atoms with Crippen LogP contribution >= 0.6 is 7.82 Å². The average molecular weight is 418 g/mol. The summed E-state index contributed by atoms with van der Waals surface area (Å²) in [5.74, 6) is 0. The lowest BCUT2D eigenvalue weighted by Gasteiger charge is -2.36. The summed E-state index contributed by atoms with van der Waals surface area (Å²) in [4.78, 5) is 36.3. The van der Waals surface area contributed by atoms with Gasteiger partial charge in [-0.1, -0.05) is 20.8 Å². The Balaban J connectivity index is 2.02. The second kappa shape index (κ2) is 7.19. The minimum Gasteiger partial charge on any atom is -0.368 e. The topological polar surface area (TPSA) is 129 Å². The lowest BCUT2D eigenvalue weighted by atomic mass is 9.80. The molecule has 0 saturated carbocycles. The van der Waals surface area contributed by atoms with Gasteiger partial charge in [0.15, 0.2) is 6.23 Å². The minimum absolute atomic E-state index is 0.00114. The van der Waals surface area contributed by atoms with Crippen LogP contribution in [0, 0.1) is 12.3 Å². The summed E-state index contributed by atoms with van der Waals surface area (Å²) < 4.78 is 35.9. The summed E-state index contributed by atoms with van der Waals surface area (Å²) in [6.45, 7) is 9.30. The molecule has 1 aromatic heterocycles. The molecule has 11 heteroatoms. The Bertz CT molecular complexity index is 904. The molecule has 0 amide bonds. The van der Waals surface area contributed by atoms with Gasteiger partial charge in [-0.25, -0.2) is 9.36 Å². The Hall–Kier alpha value is -1.29. The highest BCUT2D eigenvalue weighted by molar-refractivity contribution is 7.47. The van der Waals surface area contributed by atoms with Gasteiger partial charge in [-0.05, 0) is 25.7 Å². The molecule has 0 aliphatic carbocycles. The maximum Gasteiger partial charge on any atom is 0.472 e. The minimum atomic E-state index is -4.34. The van der Waals surface area contributed by atoms with Crippen LogP contribution in [0.25, 0.3) is 0 Å². The smallest absolute Gasteiger partial charge is 0.368 e. The first-order chi connectivity index (χ1) is 12.9. The van der Waals surface area contributed by atoms with E-state index in [1.807, 2.05) is 20.8 Å². The Kier molecular flexibility index (Phi) is 5.50. The molecule has 2 bridgehead atoms. The lowest BCUT2D eigenvalue weighted by Crippen LogP contribution is -2.45. The SMILES string of the molecule is CCOP(=O)(O)OC1C2OC[C@]1(CC(C)(C)C)O[C@H]2n1cc(C)c(=O)[nH]c1=O. The molecule has 2 aliphatic heterocycles. The quantitative estimate of drug-likeness (QED) is 0.665. The monoisotopic (exact) mass is 418 g/mol. The maximum atomic E-state index is 12.3. The molecule has 28 heavy (non-hydrogen) atoms. The van der Waals surface area contributed by atoms with Gasteiger partial charge in [-0.3, -0.25) is 23.4 Å². The van der Waals surface area contributed by atoms with Gasteiger partial charge in [-0.2, -0.15) is 0 Å². The van der Waals surface area contributed by atoms with Crippen LogP contribution in [0.15, 0.2) is 15.8 Å².